The van der Waals surface area contributed by atoms with Crippen LogP contribution in [0.5, 0.6) is 0 Å². The Kier molecular flexibility index (Phi) is 7.62. The summed E-state index contributed by atoms with van der Waals surface area (Å²) < 4.78 is 15.4. The number of rotatable bonds is 6. The second kappa shape index (κ2) is 9.48. The normalized spacial score (nSPS) is 18.5. The predicted octanol–water partition coefficient (Wildman–Crippen LogP) is 4.57. The number of halogens is 2. The van der Waals surface area contributed by atoms with Crippen LogP contribution in [0.4, 0.5) is 4.39 Å². The van der Waals surface area contributed by atoms with Gasteiger partial charge in [-0.05, 0) is 79.2 Å². The molecule has 136 valence electrons. The van der Waals surface area contributed by atoms with Crippen molar-refractivity contribution in [1.82, 2.24) is 10.2 Å². The predicted molar refractivity (Wildman–Crippen MR) is 110 cm³/mol. The third-order valence-corrected chi connectivity index (χ3v) is 5.23. The summed E-state index contributed by atoms with van der Waals surface area (Å²) in [4.78, 5) is 15.0. The molecule has 1 aromatic rings. The molecule has 1 amide bonds. The molecule has 1 N–H and O–H groups in total. The largest absolute Gasteiger partial charge is 0.351 e. The van der Waals surface area contributed by atoms with Gasteiger partial charge in [0.05, 0.1) is 0 Å². The molecule has 0 fully saturated rings. The molecule has 5 heteroatoms. The minimum atomic E-state index is -0.273. The van der Waals surface area contributed by atoms with Gasteiger partial charge in [-0.15, -0.1) is 0 Å². The monoisotopic (exact) mass is 456 g/mol. The van der Waals surface area contributed by atoms with Crippen molar-refractivity contribution in [2.75, 3.05) is 26.2 Å². The molecule has 25 heavy (non-hydrogen) atoms. The Hall–Kier alpha value is -1.21. The highest BCUT2D eigenvalue weighted by molar-refractivity contribution is 14.1. The van der Waals surface area contributed by atoms with Gasteiger partial charge in [0, 0.05) is 27.8 Å². The van der Waals surface area contributed by atoms with Crippen LogP contribution in [0.2, 0.25) is 0 Å². The first-order valence-corrected chi connectivity index (χ1v) is 9.90. The van der Waals surface area contributed by atoms with Gasteiger partial charge in [0.25, 0.3) is 5.91 Å². The van der Waals surface area contributed by atoms with E-state index >= 15 is 0 Å². The second-order valence-corrected chi connectivity index (χ2v) is 7.54. The number of carbonyl (C=O) groups excluding carboxylic acids is 1. The summed E-state index contributed by atoms with van der Waals surface area (Å²) in [6, 6.07) is 3.68. The smallest absolute Gasteiger partial charge is 0.251 e. The molecule has 3 nitrogen and oxygen atoms in total. The number of allylic oxidation sites excluding steroid dienone is 3. The first-order chi connectivity index (χ1) is 12.0. The minimum Gasteiger partial charge on any atom is -0.351 e. The molecule has 0 unspecified atom stereocenters. The van der Waals surface area contributed by atoms with Crippen molar-refractivity contribution < 1.29 is 9.18 Å². The van der Waals surface area contributed by atoms with Gasteiger partial charge in [-0.3, -0.25) is 4.79 Å². The van der Waals surface area contributed by atoms with E-state index in [2.05, 4.69) is 46.7 Å². The van der Waals surface area contributed by atoms with Gasteiger partial charge < -0.3 is 10.2 Å². The van der Waals surface area contributed by atoms with Crippen LogP contribution in [0.3, 0.4) is 0 Å². The molecule has 0 saturated carbocycles. The van der Waals surface area contributed by atoms with E-state index in [9.17, 15) is 9.18 Å². The number of hydrogen-bond acceptors (Lipinski definition) is 2. The topological polar surface area (TPSA) is 32.3 Å². The molecule has 1 aromatic carbocycles. The van der Waals surface area contributed by atoms with E-state index in [1.54, 1.807) is 0 Å². The average molecular weight is 456 g/mol. The zero-order valence-electron chi connectivity index (χ0n) is 15.2. The van der Waals surface area contributed by atoms with Gasteiger partial charge in [0.2, 0.25) is 0 Å². The molecule has 0 spiro atoms. The van der Waals surface area contributed by atoms with Gasteiger partial charge in [0.15, 0.2) is 0 Å². The van der Waals surface area contributed by atoms with Crippen LogP contribution in [0, 0.1) is 3.57 Å². The molecule has 2 rings (SSSR count). The standard InChI is InChI=1S/C20H26FIN2O/c1-4-24(5-2)11-10-23-20(25)18-13-15(22)12-17-16(18)8-6-14(3)7-9-19(17)21/h7,9,12-13H,4-6,8,10-11H2,1-3H3,(H,23,25)/b14-7+,19-9+. The lowest BCUT2D eigenvalue weighted by Crippen LogP contribution is -2.35. The van der Waals surface area contributed by atoms with Crippen LogP contribution in [-0.4, -0.2) is 37.0 Å². The summed E-state index contributed by atoms with van der Waals surface area (Å²) in [5.41, 5.74) is 3.07. The Bertz CT molecular complexity index is 693. The lowest BCUT2D eigenvalue weighted by molar-refractivity contribution is 0.0948. The molecule has 0 bridgehead atoms. The fourth-order valence-corrected chi connectivity index (χ4v) is 3.62. The van der Waals surface area contributed by atoms with E-state index in [1.165, 1.54) is 6.08 Å². The summed E-state index contributed by atoms with van der Waals surface area (Å²) in [6.07, 6.45) is 4.83. The van der Waals surface area contributed by atoms with Gasteiger partial charge in [-0.2, -0.15) is 0 Å². The maximum absolute atomic E-state index is 14.5. The van der Waals surface area contributed by atoms with Crippen molar-refractivity contribution in [2.45, 2.75) is 33.6 Å². The first kappa shape index (κ1) is 20.1. The van der Waals surface area contributed by atoms with Crippen LogP contribution in [0.25, 0.3) is 5.83 Å². The highest BCUT2D eigenvalue weighted by atomic mass is 127. The summed E-state index contributed by atoms with van der Waals surface area (Å²) in [7, 11) is 0. The van der Waals surface area contributed by atoms with Gasteiger partial charge in [0.1, 0.15) is 5.83 Å². The summed E-state index contributed by atoms with van der Waals surface area (Å²) in [5.74, 6) is -0.387. The van der Waals surface area contributed by atoms with Crippen molar-refractivity contribution in [2.24, 2.45) is 0 Å². The van der Waals surface area contributed by atoms with Crippen LogP contribution < -0.4 is 5.32 Å². The van der Waals surface area contributed by atoms with Crippen LogP contribution in [-0.2, 0) is 6.42 Å². The molecule has 0 radical (unpaired) electrons. The van der Waals surface area contributed by atoms with Crippen molar-refractivity contribution in [3.8, 4) is 0 Å². The Morgan fingerprint density at radius 3 is 2.64 bits per heavy atom. The molecule has 0 heterocycles. The number of hydrogen-bond donors (Lipinski definition) is 1. The second-order valence-electron chi connectivity index (χ2n) is 6.29. The number of nitrogens with one attached hydrogen (secondary N) is 1. The molecule has 0 atom stereocenters. The Labute approximate surface area is 163 Å². The zero-order valence-corrected chi connectivity index (χ0v) is 17.3. The number of benzene rings is 1. The van der Waals surface area contributed by atoms with Crippen LogP contribution in [0.1, 0.15) is 48.7 Å². The SMILES string of the molecule is CCN(CC)CCNC(=O)c1cc(I)cc2c1CC/C(C)=C/C=C\2F. The van der Waals surface area contributed by atoms with E-state index in [1.807, 2.05) is 25.1 Å². The van der Waals surface area contributed by atoms with E-state index in [4.69, 9.17) is 0 Å². The van der Waals surface area contributed by atoms with E-state index in [0.717, 1.165) is 40.8 Å². The number of likely N-dealkylation sites (N-methyl/N-ethyl adjacent to an activating group) is 1. The molecule has 0 aromatic heterocycles. The molecule has 1 aliphatic rings. The Morgan fingerprint density at radius 1 is 1.24 bits per heavy atom. The first-order valence-electron chi connectivity index (χ1n) is 8.82. The molecule has 1 aliphatic carbocycles. The lowest BCUT2D eigenvalue weighted by Gasteiger charge is -2.19. The summed E-state index contributed by atoms with van der Waals surface area (Å²) >= 11 is 2.14. The quantitative estimate of drug-likeness (QED) is 0.637. The fourth-order valence-electron chi connectivity index (χ4n) is 3.00. The van der Waals surface area contributed by atoms with Crippen molar-refractivity contribution >= 4 is 34.3 Å². The number of amides is 1. The van der Waals surface area contributed by atoms with Crippen molar-refractivity contribution in [3.05, 3.63) is 50.1 Å². The van der Waals surface area contributed by atoms with Gasteiger partial charge in [-0.25, -0.2) is 4.39 Å². The molecular weight excluding hydrogens is 430 g/mol. The van der Waals surface area contributed by atoms with Crippen LogP contribution >= 0.6 is 22.6 Å². The van der Waals surface area contributed by atoms with Gasteiger partial charge in [-0.1, -0.05) is 25.5 Å². The average Bonchev–Trinajstić information content (AvgIpc) is 2.60. The Balaban J connectivity index is 2.24. The molecule has 0 aliphatic heterocycles. The third-order valence-electron chi connectivity index (χ3n) is 4.61. The number of carbonyl (C=O) groups is 1. The van der Waals surface area contributed by atoms with E-state index in [0.29, 0.717) is 24.1 Å². The minimum absolute atomic E-state index is 0.114. The van der Waals surface area contributed by atoms with Crippen molar-refractivity contribution in [3.63, 3.8) is 0 Å². The molecular formula is C20H26FIN2O. The van der Waals surface area contributed by atoms with Gasteiger partial charge >= 0.3 is 0 Å². The maximum atomic E-state index is 14.5. The summed E-state index contributed by atoms with van der Waals surface area (Å²) in [5, 5.41) is 3.00. The maximum Gasteiger partial charge on any atom is 0.251 e. The van der Waals surface area contributed by atoms with E-state index in [-0.39, 0.29) is 11.7 Å². The number of fused-ring (bicyclic) bond motifs is 1. The lowest BCUT2D eigenvalue weighted by atomic mass is 9.92. The Morgan fingerprint density at radius 2 is 1.96 bits per heavy atom. The molecule has 0 saturated heterocycles. The van der Waals surface area contributed by atoms with E-state index < -0.39 is 0 Å². The number of nitrogens with zero attached hydrogens (tertiary/aromatic N) is 1. The fraction of sp³-hybridized carbons (Fsp3) is 0.450. The van der Waals surface area contributed by atoms with Crippen molar-refractivity contribution in [1.29, 1.82) is 0 Å². The summed E-state index contributed by atoms with van der Waals surface area (Å²) in [6.45, 7) is 9.56. The zero-order chi connectivity index (χ0) is 18.4. The third kappa shape index (κ3) is 5.38. The highest BCUT2D eigenvalue weighted by Crippen LogP contribution is 2.30. The highest BCUT2D eigenvalue weighted by Gasteiger charge is 2.19. The van der Waals surface area contributed by atoms with Crippen LogP contribution in [0.15, 0.2) is 29.9 Å².